The molecule has 2 heterocycles. The van der Waals surface area contributed by atoms with E-state index < -0.39 is 52.5 Å². The van der Waals surface area contributed by atoms with Gasteiger partial charge in [-0.15, -0.1) is 0 Å². The zero-order valence-electron chi connectivity index (χ0n) is 15.7. The highest BCUT2D eigenvalue weighted by Crippen LogP contribution is 2.32. The third-order valence-corrected chi connectivity index (χ3v) is 3.86. The van der Waals surface area contributed by atoms with Gasteiger partial charge in [0.05, 0.1) is 24.1 Å². The van der Waals surface area contributed by atoms with Gasteiger partial charge in [0, 0.05) is 0 Å². The molecule has 2 N–H and O–H groups in total. The van der Waals surface area contributed by atoms with E-state index in [1.807, 2.05) is 5.32 Å². The molecule has 158 valence electrons. The first kappa shape index (κ1) is 22.5. The molecule has 1 amide bonds. The predicted octanol–water partition coefficient (Wildman–Crippen LogP) is 1.36. The van der Waals surface area contributed by atoms with Gasteiger partial charge in [-0.2, -0.15) is 18.4 Å². The van der Waals surface area contributed by atoms with Gasteiger partial charge in [-0.1, -0.05) is 0 Å². The topological polar surface area (TPSA) is 131 Å². The van der Waals surface area contributed by atoms with Crippen molar-refractivity contribution in [3.05, 3.63) is 23.5 Å². The number of carbonyl (C=O) groups is 2. The lowest BCUT2D eigenvalue weighted by molar-refractivity contribution is -0.175. The van der Waals surface area contributed by atoms with Crippen LogP contribution in [-0.4, -0.2) is 52.7 Å². The standard InChI is InChI=1S/C17H18F3N3O6/c1-15(2)28-8-10(29-15)7-27-14(25)16(3,26)13(24)23-9-4-11(17(18,19)20)12(5-21)22-6-9/h4,6,10,26H,7-8H2,1-3H3,(H,23,24). The molecule has 9 nitrogen and oxygen atoms in total. The number of aliphatic hydroxyl groups is 1. The second-order valence-electron chi connectivity index (χ2n) is 6.81. The molecule has 2 rings (SSSR count). The number of nitriles is 1. The van der Waals surface area contributed by atoms with Gasteiger partial charge < -0.3 is 24.6 Å². The summed E-state index contributed by atoms with van der Waals surface area (Å²) in [5.74, 6) is -3.54. The lowest BCUT2D eigenvalue weighted by Crippen LogP contribution is -2.49. The van der Waals surface area contributed by atoms with Crippen LogP contribution in [0.15, 0.2) is 12.3 Å². The third kappa shape index (κ3) is 5.41. The van der Waals surface area contributed by atoms with Gasteiger partial charge in [0.25, 0.3) is 5.91 Å². The Morgan fingerprint density at radius 3 is 2.66 bits per heavy atom. The number of aromatic nitrogens is 1. The molecule has 2 atom stereocenters. The first-order valence-corrected chi connectivity index (χ1v) is 8.26. The van der Waals surface area contributed by atoms with Crippen molar-refractivity contribution in [1.82, 2.24) is 4.98 Å². The van der Waals surface area contributed by atoms with Crippen molar-refractivity contribution in [2.75, 3.05) is 18.5 Å². The van der Waals surface area contributed by atoms with E-state index in [9.17, 15) is 27.9 Å². The molecule has 0 aliphatic carbocycles. The Kier molecular flexibility index (Phi) is 6.17. The van der Waals surface area contributed by atoms with Crippen molar-refractivity contribution >= 4 is 17.6 Å². The highest BCUT2D eigenvalue weighted by molar-refractivity contribution is 6.11. The molecule has 0 saturated carbocycles. The van der Waals surface area contributed by atoms with Crippen LogP contribution in [0.5, 0.6) is 0 Å². The normalized spacial score (nSPS) is 20.4. The largest absolute Gasteiger partial charge is 0.460 e. The monoisotopic (exact) mass is 417 g/mol. The Morgan fingerprint density at radius 2 is 2.14 bits per heavy atom. The van der Waals surface area contributed by atoms with Gasteiger partial charge in [0.1, 0.15) is 18.8 Å². The SMILES string of the molecule is CC1(C)OCC(COC(=O)C(C)(O)C(=O)Nc2cnc(C#N)c(C(F)(F)F)c2)O1. The lowest BCUT2D eigenvalue weighted by Gasteiger charge is -2.22. The molecule has 0 radical (unpaired) electrons. The maximum Gasteiger partial charge on any atom is 0.419 e. The van der Waals surface area contributed by atoms with Crippen LogP contribution in [0.2, 0.25) is 0 Å². The highest BCUT2D eigenvalue weighted by Gasteiger charge is 2.42. The number of carbonyl (C=O) groups excluding carboxylic acids is 2. The Labute approximate surface area is 163 Å². The molecule has 29 heavy (non-hydrogen) atoms. The summed E-state index contributed by atoms with van der Waals surface area (Å²) in [5, 5.41) is 20.8. The summed E-state index contributed by atoms with van der Waals surface area (Å²) in [5.41, 5.74) is -5.44. The highest BCUT2D eigenvalue weighted by atomic mass is 19.4. The number of amides is 1. The van der Waals surface area contributed by atoms with Crippen molar-refractivity contribution < 1.29 is 42.1 Å². The Bertz CT molecular complexity index is 848. The van der Waals surface area contributed by atoms with Crippen molar-refractivity contribution in [2.45, 2.75) is 44.4 Å². The zero-order valence-corrected chi connectivity index (χ0v) is 15.7. The predicted molar refractivity (Wildman–Crippen MR) is 89.1 cm³/mol. The number of halogens is 3. The van der Waals surface area contributed by atoms with Crippen molar-refractivity contribution in [3.63, 3.8) is 0 Å². The number of rotatable bonds is 5. The molecule has 12 heteroatoms. The van der Waals surface area contributed by atoms with Crippen LogP contribution < -0.4 is 5.32 Å². The molecular formula is C17H18F3N3O6. The fourth-order valence-corrected chi connectivity index (χ4v) is 2.34. The number of alkyl halides is 3. The van der Waals surface area contributed by atoms with E-state index in [4.69, 9.17) is 19.5 Å². The minimum absolute atomic E-state index is 0.131. The first-order valence-electron chi connectivity index (χ1n) is 8.26. The summed E-state index contributed by atoms with van der Waals surface area (Å²) >= 11 is 0. The number of nitrogens with zero attached hydrogens (tertiary/aromatic N) is 2. The number of esters is 1. The van der Waals surface area contributed by atoms with Gasteiger partial charge in [0.15, 0.2) is 11.5 Å². The van der Waals surface area contributed by atoms with E-state index in [-0.39, 0.29) is 13.2 Å². The fourth-order valence-electron chi connectivity index (χ4n) is 2.34. The molecule has 0 spiro atoms. The summed E-state index contributed by atoms with van der Waals surface area (Å²) in [6, 6.07) is 1.76. The van der Waals surface area contributed by atoms with Crippen LogP contribution in [0.3, 0.4) is 0 Å². The average molecular weight is 417 g/mol. The average Bonchev–Trinajstić information content (AvgIpc) is 2.97. The Balaban J connectivity index is 2.05. The maximum atomic E-state index is 13.0. The summed E-state index contributed by atoms with van der Waals surface area (Å²) < 4.78 is 54.5. The van der Waals surface area contributed by atoms with Crippen molar-refractivity contribution in [1.29, 1.82) is 5.26 Å². The summed E-state index contributed by atoms with van der Waals surface area (Å²) in [6.07, 6.45) is -4.71. The van der Waals surface area contributed by atoms with Gasteiger partial charge in [0.2, 0.25) is 5.60 Å². The van der Waals surface area contributed by atoms with Gasteiger partial charge in [-0.3, -0.25) is 4.79 Å². The quantitative estimate of drug-likeness (QED) is 0.542. The third-order valence-electron chi connectivity index (χ3n) is 3.86. The number of anilines is 1. The minimum atomic E-state index is -4.89. The summed E-state index contributed by atoms with van der Waals surface area (Å²) in [4.78, 5) is 27.6. The van der Waals surface area contributed by atoms with Gasteiger partial charge >= 0.3 is 12.1 Å². The van der Waals surface area contributed by atoms with Crippen LogP contribution in [-0.2, 0) is 30.0 Å². The minimum Gasteiger partial charge on any atom is -0.460 e. The number of hydrogen-bond donors (Lipinski definition) is 2. The van der Waals surface area contributed by atoms with Crippen LogP contribution in [0, 0.1) is 11.3 Å². The van der Waals surface area contributed by atoms with Crippen LogP contribution >= 0.6 is 0 Å². The van der Waals surface area contributed by atoms with Gasteiger partial charge in [-0.05, 0) is 26.8 Å². The molecule has 0 bridgehead atoms. The first-order chi connectivity index (χ1) is 13.3. The van der Waals surface area contributed by atoms with Crippen LogP contribution in [0.25, 0.3) is 0 Å². The van der Waals surface area contributed by atoms with Crippen molar-refractivity contribution in [2.24, 2.45) is 0 Å². The van der Waals surface area contributed by atoms with Crippen LogP contribution in [0.1, 0.15) is 32.0 Å². The molecule has 1 aliphatic rings. The van der Waals surface area contributed by atoms with Gasteiger partial charge in [-0.25, -0.2) is 9.78 Å². The zero-order chi connectivity index (χ0) is 22.0. The molecule has 2 unspecified atom stereocenters. The van der Waals surface area contributed by atoms with E-state index in [1.165, 1.54) is 6.07 Å². The maximum absolute atomic E-state index is 13.0. The molecule has 1 fully saturated rings. The second kappa shape index (κ2) is 7.94. The van der Waals surface area contributed by atoms with Crippen molar-refractivity contribution in [3.8, 4) is 6.07 Å². The second-order valence-corrected chi connectivity index (χ2v) is 6.81. The summed E-state index contributed by atoms with van der Waals surface area (Å²) in [6.45, 7) is 3.95. The van der Waals surface area contributed by atoms with E-state index in [0.717, 1.165) is 13.1 Å². The van der Waals surface area contributed by atoms with E-state index in [2.05, 4.69) is 4.98 Å². The number of nitrogens with one attached hydrogen (secondary N) is 1. The van der Waals surface area contributed by atoms with E-state index >= 15 is 0 Å². The summed E-state index contributed by atoms with van der Waals surface area (Å²) in [7, 11) is 0. The molecule has 0 aromatic carbocycles. The molecule has 1 saturated heterocycles. The van der Waals surface area contributed by atoms with E-state index in [1.54, 1.807) is 13.8 Å². The smallest absolute Gasteiger partial charge is 0.419 e. The number of ether oxygens (including phenoxy) is 3. The number of pyridine rings is 1. The molecular weight excluding hydrogens is 399 g/mol. The number of hydrogen-bond acceptors (Lipinski definition) is 8. The Hall–Kier alpha value is -2.75. The fraction of sp³-hybridized carbons (Fsp3) is 0.529. The lowest BCUT2D eigenvalue weighted by atomic mass is 10.1. The van der Waals surface area contributed by atoms with E-state index in [0.29, 0.717) is 6.07 Å². The Morgan fingerprint density at radius 1 is 1.48 bits per heavy atom. The molecule has 1 aromatic rings. The molecule has 1 aliphatic heterocycles. The van der Waals surface area contributed by atoms with Crippen LogP contribution in [0.4, 0.5) is 18.9 Å². The molecule has 1 aromatic heterocycles.